The standard InChI is InChI=1S/C8H6BBrO/c9-7-4-2-1-3-6(7)8(11)5-10/h1-4H,5H2. The maximum Gasteiger partial charge on any atom is 0.172 e. The number of Topliss-reactive ketones (excluding diaryl/α,β-unsaturated/α-hetero) is 1. The van der Waals surface area contributed by atoms with Crippen molar-refractivity contribution in [2.45, 2.75) is 0 Å². The molecule has 0 saturated heterocycles. The molecule has 0 amide bonds. The van der Waals surface area contributed by atoms with Gasteiger partial charge in [0.15, 0.2) is 5.78 Å². The number of carbonyl (C=O) groups excluding carboxylic acids is 1. The summed E-state index contributed by atoms with van der Waals surface area (Å²) in [5.41, 5.74) is 1.13. The zero-order valence-electron chi connectivity index (χ0n) is 5.88. The van der Waals surface area contributed by atoms with E-state index in [0.717, 1.165) is 0 Å². The first-order chi connectivity index (χ1) is 5.25. The van der Waals surface area contributed by atoms with Crippen LogP contribution in [0.3, 0.4) is 0 Å². The smallest absolute Gasteiger partial charge is 0.172 e. The molecule has 0 N–H and O–H groups in total. The number of alkyl halides is 1. The minimum absolute atomic E-state index is 0.0168. The van der Waals surface area contributed by atoms with Gasteiger partial charge in [0.2, 0.25) is 0 Å². The SMILES string of the molecule is [B]c1ccccc1C(=O)CBr. The third kappa shape index (κ3) is 1.93. The molecule has 3 heteroatoms. The molecule has 0 heterocycles. The van der Waals surface area contributed by atoms with Crippen LogP contribution in [0, 0.1) is 0 Å². The second-order valence-electron chi connectivity index (χ2n) is 2.14. The first-order valence-electron chi connectivity index (χ1n) is 3.19. The zero-order valence-corrected chi connectivity index (χ0v) is 7.47. The summed E-state index contributed by atoms with van der Waals surface area (Å²) in [6, 6.07) is 7.04. The minimum atomic E-state index is 0.0168. The Bertz CT molecular complexity index is 273. The van der Waals surface area contributed by atoms with Gasteiger partial charge in [-0.1, -0.05) is 45.7 Å². The van der Waals surface area contributed by atoms with E-state index in [1.807, 2.05) is 0 Å². The number of rotatable bonds is 2. The summed E-state index contributed by atoms with van der Waals surface area (Å²) in [5.74, 6) is 0.0168. The fourth-order valence-corrected chi connectivity index (χ4v) is 1.12. The van der Waals surface area contributed by atoms with E-state index in [2.05, 4.69) is 15.9 Å². The van der Waals surface area contributed by atoms with Crippen molar-refractivity contribution in [2.24, 2.45) is 0 Å². The van der Waals surface area contributed by atoms with Crippen molar-refractivity contribution in [2.75, 3.05) is 5.33 Å². The molecule has 1 rings (SSSR count). The van der Waals surface area contributed by atoms with Gasteiger partial charge in [0.1, 0.15) is 7.85 Å². The molecule has 11 heavy (non-hydrogen) atoms. The second kappa shape index (κ2) is 3.72. The van der Waals surface area contributed by atoms with Crippen LogP contribution in [0.15, 0.2) is 24.3 Å². The normalized spacial score (nSPS) is 9.55. The molecular formula is C8H6BBrO. The van der Waals surface area contributed by atoms with E-state index >= 15 is 0 Å². The van der Waals surface area contributed by atoms with Crippen LogP contribution in [0.4, 0.5) is 0 Å². The molecule has 2 radical (unpaired) electrons. The van der Waals surface area contributed by atoms with Crippen LogP contribution in [0.2, 0.25) is 0 Å². The molecule has 0 atom stereocenters. The molecular weight excluding hydrogens is 203 g/mol. The van der Waals surface area contributed by atoms with Gasteiger partial charge in [0.25, 0.3) is 0 Å². The van der Waals surface area contributed by atoms with Crippen LogP contribution in [0.1, 0.15) is 10.4 Å². The van der Waals surface area contributed by atoms with Crippen LogP contribution >= 0.6 is 15.9 Å². The van der Waals surface area contributed by atoms with E-state index in [-0.39, 0.29) is 5.78 Å². The number of hydrogen-bond acceptors (Lipinski definition) is 1. The van der Waals surface area contributed by atoms with Crippen molar-refractivity contribution < 1.29 is 4.79 Å². The topological polar surface area (TPSA) is 17.1 Å². The van der Waals surface area contributed by atoms with E-state index in [0.29, 0.717) is 16.4 Å². The number of halogens is 1. The Kier molecular flexibility index (Phi) is 2.88. The third-order valence-electron chi connectivity index (χ3n) is 1.38. The molecule has 1 aromatic carbocycles. The molecule has 0 aliphatic rings. The van der Waals surface area contributed by atoms with Gasteiger partial charge >= 0.3 is 0 Å². The average molecular weight is 209 g/mol. The fraction of sp³-hybridized carbons (Fsp3) is 0.125. The molecule has 0 aliphatic heterocycles. The third-order valence-corrected chi connectivity index (χ3v) is 1.89. The zero-order chi connectivity index (χ0) is 8.27. The minimum Gasteiger partial charge on any atom is -0.293 e. The summed E-state index contributed by atoms with van der Waals surface area (Å²) in [6.07, 6.45) is 0. The van der Waals surface area contributed by atoms with Crippen LogP contribution in [-0.2, 0) is 0 Å². The van der Waals surface area contributed by atoms with Crippen LogP contribution in [0.5, 0.6) is 0 Å². The molecule has 0 aliphatic carbocycles. The molecule has 0 bridgehead atoms. The van der Waals surface area contributed by atoms with Gasteiger partial charge in [0, 0.05) is 5.56 Å². The summed E-state index contributed by atoms with van der Waals surface area (Å²) in [5, 5.41) is 0.321. The lowest BCUT2D eigenvalue weighted by Crippen LogP contribution is -2.15. The average Bonchev–Trinajstić information content (AvgIpc) is 2.04. The molecule has 0 saturated carbocycles. The van der Waals surface area contributed by atoms with E-state index in [9.17, 15) is 4.79 Å². The van der Waals surface area contributed by atoms with E-state index < -0.39 is 0 Å². The Morgan fingerprint density at radius 3 is 2.64 bits per heavy atom. The number of hydrogen-bond donors (Lipinski definition) is 0. The number of carbonyl (C=O) groups is 1. The highest BCUT2D eigenvalue weighted by molar-refractivity contribution is 9.09. The van der Waals surface area contributed by atoms with Crippen molar-refractivity contribution in [1.29, 1.82) is 0 Å². The maximum absolute atomic E-state index is 11.1. The summed E-state index contributed by atoms with van der Waals surface area (Å²) in [4.78, 5) is 11.1. The van der Waals surface area contributed by atoms with Gasteiger partial charge in [-0.2, -0.15) is 0 Å². The predicted molar refractivity (Wildman–Crippen MR) is 50.0 cm³/mol. The maximum atomic E-state index is 11.1. The Labute approximate surface area is 75.3 Å². The van der Waals surface area contributed by atoms with Gasteiger partial charge in [0.05, 0.1) is 5.33 Å². The van der Waals surface area contributed by atoms with E-state index in [1.54, 1.807) is 24.3 Å². The molecule has 0 fully saturated rings. The monoisotopic (exact) mass is 208 g/mol. The lowest BCUT2D eigenvalue weighted by atomic mass is 9.89. The lowest BCUT2D eigenvalue weighted by molar-refractivity contribution is 0.102. The summed E-state index contributed by atoms with van der Waals surface area (Å²) in [6.45, 7) is 0. The summed E-state index contributed by atoms with van der Waals surface area (Å²) >= 11 is 3.08. The van der Waals surface area contributed by atoms with Gasteiger partial charge in [-0.15, -0.1) is 0 Å². The molecule has 0 aromatic heterocycles. The van der Waals surface area contributed by atoms with Crippen LogP contribution in [0.25, 0.3) is 0 Å². The van der Waals surface area contributed by atoms with Crippen molar-refractivity contribution in [1.82, 2.24) is 0 Å². The Balaban J connectivity index is 3.03. The Morgan fingerprint density at radius 1 is 1.45 bits per heavy atom. The van der Waals surface area contributed by atoms with Crippen LogP contribution < -0.4 is 5.46 Å². The van der Waals surface area contributed by atoms with E-state index in [1.165, 1.54) is 0 Å². The van der Waals surface area contributed by atoms with E-state index in [4.69, 9.17) is 7.85 Å². The fourth-order valence-electron chi connectivity index (χ4n) is 0.823. The van der Waals surface area contributed by atoms with Gasteiger partial charge in [-0.25, -0.2) is 0 Å². The number of benzene rings is 1. The van der Waals surface area contributed by atoms with Crippen molar-refractivity contribution in [3.63, 3.8) is 0 Å². The molecule has 1 nitrogen and oxygen atoms in total. The Hall–Kier alpha value is -0.565. The largest absolute Gasteiger partial charge is 0.293 e. The predicted octanol–water partition coefficient (Wildman–Crippen LogP) is 1.06. The van der Waals surface area contributed by atoms with Crippen molar-refractivity contribution in [3.05, 3.63) is 29.8 Å². The van der Waals surface area contributed by atoms with Crippen molar-refractivity contribution >= 4 is 35.0 Å². The molecule has 0 spiro atoms. The first-order valence-corrected chi connectivity index (χ1v) is 4.31. The molecule has 54 valence electrons. The highest BCUT2D eigenvalue weighted by Gasteiger charge is 2.04. The first kappa shape index (κ1) is 8.53. The summed E-state index contributed by atoms with van der Waals surface area (Å²) in [7, 11) is 5.56. The molecule has 0 unspecified atom stereocenters. The summed E-state index contributed by atoms with van der Waals surface area (Å²) < 4.78 is 0. The van der Waals surface area contributed by atoms with Gasteiger partial charge in [-0.3, -0.25) is 4.79 Å². The van der Waals surface area contributed by atoms with Crippen LogP contribution in [-0.4, -0.2) is 19.0 Å². The quantitative estimate of drug-likeness (QED) is 0.404. The van der Waals surface area contributed by atoms with Gasteiger partial charge in [-0.05, 0) is 0 Å². The lowest BCUT2D eigenvalue weighted by Gasteiger charge is -2.00. The highest BCUT2D eigenvalue weighted by Crippen LogP contribution is 1.98. The Morgan fingerprint density at radius 2 is 2.09 bits per heavy atom. The number of ketones is 1. The van der Waals surface area contributed by atoms with Gasteiger partial charge < -0.3 is 0 Å². The van der Waals surface area contributed by atoms with Crippen molar-refractivity contribution in [3.8, 4) is 0 Å². The molecule has 1 aromatic rings. The second-order valence-corrected chi connectivity index (χ2v) is 2.70. The highest BCUT2D eigenvalue weighted by atomic mass is 79.9.